The largest absolute Gasteiger partial charge is 0.396 e. The van der Waals surface area contributed by atoms with E-state index in [-0.39, 0.29) is 17.6 Å². The van der Waals surface area contributed by atoms with Crippen molar-refractivity contribution in [1.82, 2.24) is 0 Å². The molecule has 1 rings (SSSR count). The fourth-order valence-corrected chi connectivity index (χ4v) is 1.73. The normalized spacial score (nSPS) is 29.1. The highest BCUT2D eigenvalue weighted by Crippen LogP contribution is 2.24. The summed E-state index contributed by atoms with van der Waals surface area (Å²) >= 11 is 1.33. The predicted molar refractivity (Wildman–Crippen MR) is 32.7 cm³/mol. The number of thioether (sulfide) groups is 1. The molecule has 2 nitrogen and oxygen atoms in total. The van der Waals surface area contributed by atoms with E-state index in [1.807, 2.05) is 0 Å². The molecule has 46 valence electrons. The van der Waals surface area contributed by atoms with E-state index in [1.54, 1.807) is 0 Å². The molecule has 1 aliphatic heterocycles. The van der Waals surface area contributed by atoms with Crippen LogP contribution < -0.4 is 0 Å². The molecule has 0 aromatic heterocycles. The van der Waals surface area contributed by atoms with Gasteiger partial charge in [-0.1, -0.05) is 11.8 Å². The van der Waals surface area contributed by atoms with E-state index < -0.39 is 0 Å². The number of rotatable bonds is 1. The van der Waals surface area contributed by atoms with Crippen LogP contribution in [0.2, 0.25) is 0 Å². The van der Waals surface area contributed by atoms with Crippen LogP contribution in [0.3, 0.4) is 0 Å². The van der Waals surface area contributed by atoms with Crippen molar-refractivity contribution in [3.8, 4) is 0 Å². The van der Waals surface area contributed by atoms with Gasteiger partial charge >= 0.3 is 0 Å². The van der Waals surface area contributed by atoms with Gasteiger partial charge in [0.2, 0.25) is 0 Å². The van der Waals surface area contributed by atoms with Gasteiger partial charge in [-0.2, -0.15) is 0 Å². The Labute approximate surface area is 52.3 Å². The highest BCUT2D eigenvalue weighted by atomic mass is 32.2. The van der Waals surface area contributed by atoms with Crippen LogP contribution in [0.1, 0.15) is 6.42 Å². The fourth-order valence-electron chi connectivity index (χ4n) is 0.703. The van der Waals surface area contributed by atoms with Crippen molar-refractivity contribution in [2.24, 2.45) is 5.92 Å². The minimum atomic E-state index is -0.0556. The number of hydrogen-bond donors (Lipinski definition) is 1. The topological polar surface area (TPSA) is 37.3 Å². The van der Waals surface area contributed by atoms with Gasteiger partial charge in [0, 0.05) is 5.75 Å². The average molecular weight is 132 g/mol. The van der Waals surface area contributed by atoms with E-state index in [0.29, 0.717) is 0 Å². The zero-order chi connectivity index (χ0) is 5.98. The molecule has 1 saturated heterocycles. The van der Waals surface area contributed by atoms with Crippen LogP contribution >= 0.6 is 11.8 Å². The third kappa shape index (κ3) is 1.03. The van der Waals surface area contributed by atoms with Gasteiger partial charge in [-0.3, -0.25) is 4.79 Å². The molecule has 0 saturated carbocycles. The molecule has 0 spiro atoms. The summed E-state index contributed by atoms with van der Waals surface area (Å²) in [5.41, 5.74) is 0. The number of aliphatic hydroxyl groups excluding tert-OH is 1. The second-order valence-electron chi connectivity index (χ2n) is 1.84. The first kappa shape index (κ1) is 6.11. The first-order chi connectivity index (χ1) is 3.84. The number of carbonyl (C=O) groups is 1. The maximum absolute atomic E-state index is 10.6. The van der Waals surface area contributed by atoms with Crippen LogP contribution in [-0.4, -0.2) is 22.6 Å². The first-order valence-corrected chi connectivity index (χ1v) is 3.60. The maximum atomic E-state index is 10.6. The van der Waals surface area contributed by atoms with Gasteiger partial charge in [-0.15, -0.1) is 0 Å². The van der Waals surface area contributed by atoms with E-state index in [1.165, 1.54) is 11.8 Å². The standard InChI is InChI=1S/C5H8O2S/c6-3-4-1-2-8-5(4)7/h4,6H,1-3H2/t4-/m1/s1. The molecule has 3 heteroatoms. The average Bonchev–Trinajstić information content (AvgIpc) is 2.14. The Kier molecular flexibility index (Phi) is 1.91. The number of hydrogen-bond acceptors (Lipinski definition) is 3. The summed E-state index contributed by atoms with van der Waals surface area (Å²) in [7, 11) is 0. The molecule has 1 N–H and O–H groups in total. The van der Waals surface area contributed by atoms with Gasteiger partial charge in [0.05, 0.1) is 12.5 Å². The van der Waals surface area contributed by atoms with Gasteiger partial charge in [-0.05, 0) is 6.42 Å². The molecule has 1 atom stereocenters. The summed E-state index contributed by atoms with van der Waals surface area (Å²) < 4.78 is 0. The Hall–Kier alpha value is -0.0200. The number of aliphatic hydroxyl groups is 1. The third-order valence-electron chi connectivity index (χ3n) is 1.26. The Morgan fingerprint density at radius 2 is 2.62 bits per heavy atom. The van der Waals surface area contributed by atoms with Crippen LogP contribution in [0, 0.1) is 5.92 Å². The maximum Gasteiger partial charge on any atom is 0.194 e. The van der Waals surface area contributed by atoms with E-state index in [9.17, 15) is 4.79 Å². The highest BCUT2D eigenvalue weighted by molar-refractivity contribution is 8.14. The summed E-state index contributed by atoms with van der Waals surface area (Å²) in [6.07, 6.45) is 0.861. The molecular formula is C5H8O2S. The molecule has 0 bridgehead atoms. The van der Waals surface area contributed by atoms with Crippen molar-refractivity contribution >= 4 is 16.9 Å². The first-order valence-electron chi connectivity index (χ1n) is 2.62. The lowest BCUT2D eigenvalue weighted by molar-refractivity contribution is -0.114. The van der Waals surface area contributed by atoms with Crippen molar-refractivity contribution in [1.29, 1.82) is 0 Å². The minimum Gasteiger partial charge on any atom is -0.396 e. The minimum absolute atomic E-state index is 0.0336. The van der Waals surface area contributed by atoms with E-state index >= 15 is 0 Å². The van der Waals surface area contributed by atoms with E-state index in [2.05, 4.69) is 0 Å². The quantitative estimate of drug-likeness (QED) is 0.556. The molecule has 1 aliphatic rings. The zero-order valence-electron chi connectivity index (χ0n) is 4.46. The molecule has 1 fully saturated rings. The summed E-state index contributed by atoms with van der Waals surface area (Å²) in [6, 6.07) is 0. The molecule has 0 radical (unpaired) electrons. The molecule has 1 heterocycles. The monoisotopic (exact) mass is 132 g/mol. The Balaban J connectivity index is 2.42. The molecule has 0 aromatic carbocycles. The lowest BCUT2D eigenvalue weighted by atomic mass is 10.1. The van der Waals surface area contributed by atoms with E-state index in [4.69, 9.17) is 5.11 Å². The van der Waals surface area contributed by atoms with E-state index in [0.717, 1.165) is 12.2 Å². The molecule has 8 heavy (non-hydrogen) atoms. The molecule has 0 aliphatic carbocycles. The van der Waals surface area contributed by atoms with Crippen molar-refractivity contribution in [3.63, 3.8) is 0 Å². The summed E-state index contributed by atoms with van der Waals surface area (Å²) in [4.78, 5) is 10.6. The third-order valence-corrected chi connectivity index (χ3v) is 2.32. The SMILES string of the molecule is O=C1SCC[C@@H]1CO. The predicted octanol–water partition coefficient (Wildman–Crippen LogP) is 0.258. The Morgan fingerprint density at radius 3 is 2.88 bits per heavy atom. The fraction of sp³-hybridized carbons (Fsp3) is 0.800. The lowest BCUT2D eigenvalue weighted by Gasteiger charge is -1.96. The summed E-state index contributed by atoms with van der Waals surface area (Å²) in [6.45, 7) is 0.0336. The zero-order valence-corrected chi connectivity index (χ0v) is 5.28. The van der Waals surface area contributed by atoms with Crippen LogP contribution in [0.5, 0.6) is 0 Å². The van der Waals surface area contributed by atoms with Crippen molar-refractivity contribution in [2.45, 2.75) is 6.42 Å². The summed E-state index contributed by atoms with van der Waals surface area (Å²) in [5.74, 6) is 0.837. The highest BCUT2D eigenvalue weighted by Gasteiger charge is 2.23. The smallest absolute Gasteiger partial charge is 0.194 e. The van der Waals surface area contributed by atoms with Crippen LogP contribution in [0.15, 0.2) is 0 Å². The Bertz CT molecular complexity index is 103. The van der Waals surface area contributed by atoms with Gasteiger partial charge in [0.25, 0.3) is 0 Å². The van der Waals surface area contributed by atoms with Crippen molar-refractivity contribution < 1.29 is 9.90 Å². The van der Waals surface area contributed by atoms with Gasteiger partial charge in [0.15, 0.2) is 5.12 Å². The van der Waals surface area contributed by atoms with Crippen LogP contribution in [0.4, 0.5) is 0 Å². The van der Waals surface area contributed by atoms with Gasteiger partial charge in [0.1, 0.15) is 0 Å². The molecular weight excluding hydrogens is 124 g/mol. The second kappa shape index (κ2) is 2.51. The molecule has 0 amide bonds. The molecule has 0 unspecified atom stereocenters. The summed E-state index contributed by atoms with van der Waals surface area (Å²) in [5, 5.41) is 8.66. The molecule has 0 aromatic rings. The number of carbonyl (C=O) groups excluding carboxylic acids is 1. The van der Waals surface area contributed by atoms with Crippen LogP contribution in [0.25, 0.3) is 0 Å². The Morgan fingerprint density at radius 1 is 1.88 bits per heavy atom. The second-order valence-corrected chi connectivity index (χ2v) is 2.93. The van der Waals surface area contributed by atoms with Gasteiger partial charge in [-0.25, -0.2) is 0 Å². The lowest BCUT2D eigenvalue weighted by Crippen LogP contribution is -2.08. The van der Waals surface area contributed by atoms with Crippen LogP contribution in [-0.2, 0) is 4.79 Å². The van der Waals surface area contributed by atoms with Crippen molar-refractivity contribution in [2.75, 3.05) is 12.4 Å². The van der Waals surface area contributed by atoms with Gasteiger partial charge < -0.3 is 5.11 Å². The van der Waals surface area contributed by atoms with Crippen molar-refractivity contribution in [3.05, 3.63) is 0 Å².